The van der Waals surface area contributed by atoms with Crippen molar-refractivity contribution in [3.05, 3.63) is 23.8 Å². The summed E-state index contributed by atoms with van der Waals surface area (Å²) in [5, 5.41) is 0. The number of halogens is 1. The summed E-state index contributed by atoms with van der Waals surface area (Å²) >= 11 is 5.86. The van der Waals surface area contributed by atoms with E-state index in [0.717, 1.165) is 29.6 Å². The minimum absolute atomic E-state index is 0.456. The van der Waals surface area contributed by atoms with E-state index in [2.05, 4.69) is 0 Å². The maximum absolute atomic E-state index is 5.86. The zero-order valence-electron chi connectivity index (χ0n) is 8.83. The first kappa shape index (κ1) is 10.6. The Morgan fingerprint density at radius 2 is 2.20 bits per heavy atom. The number of benzene rings is 1. The highest BCUT2D eigenvalue weighted by atomic mass is 35.5. The molecule has 0 spiro atoms. The van der Waals surface area contributed by atoms with Gasteiger partial charge in [0.05, 0.1) is 19.6 Å². The number of rotatable bonds is 5. The Balaban J connectivity index is 2.06. The van der Waals surface area contributed by atoms with Crippen molar-refractivity contribution in [2.24, 2.45) is 5.92 Å². The molecule has 0 unspecified atom stereocenters. The van der Waals surface area contributed by atoms with Gasteiger partial charge in [0.1, 0.15) is 11.5 Å². The van der Waals surface area contributed by atoms with Gasteiger partial charge in [-0.1, -0.05) is 0 Å². The molecule has 1 aromatic carbocycles. The fourth-order valence-corrected chi connectivity index (χ4v) is 1.63. The summed E-state index contributed by atoms with van der Waals surface area (Å²) in [5.41, 5.74) is 0.997. The van der Waals surface area contributed by atoms with E-state index in [4.69, 9.17) is 21.1 Å². The normalized spacial score (nSPS) is 15.1. The summed E-state index contributed by atoms with van der Waals surface area (Å²) in [5.74, 6) is 2.93. The quantitative estimate of drug-likeness (QED) is 0.718. The van der Waals surface area contributed by atoms with Gasteiger partial charge >= 0.3 is 0 Å². The van der Waals surface area contributed by atoms with Crippen molar-refractivity contribution in [1.29, 1.82) is 0 Å². The first-order valence-corrected chi connectivity index (χ1v) is 5.72. The Morgan fingerprint density at radius 1 is 1.40 bits per heavy atom. The molecule has 1 saturated carbocycles. The number of hydrogen-bond acceptors (Lipinski definition) is 2. The molecule has 1 aromatic rings. The molecule has 2 rings (SSSR count). The molecule has 0 aromatic heterocycles. The lowest BCUT2D eigenvalue weighted by atomic mass is 10.2. The maximum Gasteiger partial charge on any atom is 0.123 e. The zero-order valence-corrected chi connectivity index (χ0v) is 9.59. The third-order valence-corrected chi connectivity index (χ3v) is 2.87. The van der Waals surface area contributed by atoms with Gasteiger partial charge in [0.2, 0.25) is 0 Å². The van der Waals surface area contributed by atoms with Crippen LogP contribution < -0.4 is 9.47 Å². The van der Waals surface area contributed by atoms with Crippen molar-refractivity contribution in [2.75, 3.05) is 13.7 Å². The van der Waals surface area contributed by atoms with Gasteiger partial charge in [0.15, 0.2) is 0 Å². The zero-order chi connectivity index (χ0) is 10.7. The molecular formula is C12H15ClO2. The molecule has 0 N–H and O–H groups in total. The lowest BCUT2D eigenvalue weighted by Crippen LogP contribution is -2.01. The molecule has 0 atom stereocenters. The van der Waals surface area contributed by atoms with E-state index in [1.807, 2.05) is 18.2 Å². The van der Waals surface area contributed by atoms with Crippen molar-refractivity contribution in [3.8, 4) is 11.5 Å². The predicted molar refractivity (Wildman–Crippen MR) is 60.8 cm³/mol. The Hall–Kier alpha value is -0.890. The van der Waals surface area contributed by atoms with Gasteiger partial charge in [-0.05, 0) is 37.0 Å². The number of methoxy groups -OCH3 is 1. The van der Waals surface area contributed by atoms with Crippen LogP contribution in [0.3, 0.4) is 0 Å². The van der Waals surface area contributed by atoms with Gasteiger partial charge in [0.25, 0.3) is 0 Å². The molecule has 0 amide bonds. The smallest absolute Gasteiger partial charge is 0.123 e. The molecule has 2 nitrogen and oxygen atoms in total. The number of ether oxygens (including phenoxy) is 2. The third kappa shape index (κ3) is 2.78. The first-order valence-electron chi connectivity index (χ1n) is 5.19. The molecule has 0 bridgehead atoms. The standard InChI is InChI=1S/C12H15ClO2/c1-14-11-4-5-12(10(6-11)7-13)15-8-9-2-3-9/h4-6,9H,2-3,7-8H2,1H3. The fourth-order valence-electron chi connectivity index (χ4n) is 1.42. The van der Waals surface area contributed by atoms with Crippen molar-refractivity contribution in [1.82, 2.24) is 0 Å². The largest absolute Gasteiger partial charge is 0.497 e. The van der Waals surface area contributed by atoms with E-state index >= 15 is 0 Å². The van der Waals surface area contributed by atoms with E-state index in [1.165, 1.54) is 12.8 Å². The minimum atomic E-state index is 0.456. The van der Waals surface area contributed by atoms with Crippen molar-refractivity contribution >= 4 is 11.6 Å². The van der Waals surface area contributed by atoms with Crippen LogP contribution in [0.4, 0.5) is 0 Å². The Morgan fingerprint density at radius 3 is 2.80 bits per heavy atom. The van der Waals surface area contributed by atoms with Crippen LogP contribution in [0.5, 0.6) is 11.5 Å². The van der Waals surface area contributed by atoms with E-state index in [-0.39, 0.29) is 0 Å². The van der Waals surface area contributed by atoms with Crippen molar-refractivity contribution in [2.45, 2.75) is 18.7 Å². The molecule has 1 aliphatic rings. The van der Waals surface area contributed by atoms with Crippen molar-refractivity contribution in [3.63, 3.8) is 0 Å². The number of hydrogen-bond donors (Lipinski definition) is 0. The molecule has 0 radical (unpaired) electrons. The summed E-state index contributed by atoms with van der Waals surface area (Å²) in [7, 11) is 1.65. The Kier molecular flexibility index (Phi) is 3.37. The van der Waals surface area contributed by atoms with Gasteiger partial charge in [0, 0.05) is 5.56 Å². The summed E-state index contributed by atoms with van der Waals surface area (Å²) in [4.78, 5) is 0. The van der Waals surface area contributed by atoms with Crippen LogP contribution in [0.2, 0.25) is 0 Å². The third-order valence-electron chi connectivity index (χ3n) is 2.58. The highest BCUT2D eigenvalue weighted by molar-refractivity contribution is 6.17. The van der Waals surface area contributed by atoms with Gasteiger partial charge in [-0.15, -0.1) is 11.6 Å². The Labute approximate surface area is 95.1 Å². The summed E-state index contributed by atoms with van der Waals surface area (Å²) < 4.78 is 10.8. The summed E-state index contributed by atoms with van der Waals surface area (Å²) in [6.45, 7) is 0.816. The Bertz CT molecular complexity index is 334. The lowest BCUT2D eigenvalue weighted by molar-refractivity contribution is 0.297. The number of alkyl halides is 1. The average Bonchev–Trinajstić information content (AvgIpc) is 3.10. The maximum atomic E-state index is 5.86. The average molecular weight is 227 g/mol. The minimum Gasteiger partial charge on any atom is -0.497 e. The van der Waals surface area contributed by atoms with Gasteiger partial charge in [-0.3, -0.25) is 0 Å². The first-order chi connectivity index (χ1) is 7.33. The van der Waals surface area contributed by atoms with Gasteiger partial charge in [-0.25, -0.2) is 0 Å². The molecule has 0 heterocycles. The molecule has 1 aliphatic carbocycles. The van der Waals surface area contributed by atoms with Crippen LogP contribution in [0.25, 0.3) is 0 Å². The second kappa shape index (κ2) is 4.75. The highest BCUT2D eigenvalue weighted by Crippen LogP contribution is 2.31. The second-order valence-corrected chi connectivity index (χ2v) is 4.13. The lowest BCUT2D eigenvalue weighted by Gasteiger charge is -2.10. The van der Waals surface area contributed by atoms with E-state index < -0.39 is 0 Å². The summed E-state index contributed by atoms with van der Waals surface area (Å²) in [6.07, 6.45) is 2.60. The molecule has 1 fully saturated rings. The topological polar surface area (TPSA) is 18.5 Å². The fraction of sp³-hybridized carbons (Fsp3) is 0.500. The van der Waals surface area contributed by atoms with Crippen LogP contribution >= 0.6 is 11.6 Å². The predicted octanol–water partition coefficient (Wildman–Crippen LogP) is 3.22. The SMILES string of the molecule is COc1ccc(OCC2CC2)c(CCl)c1. The van der Waals surface area contributed by atoms with Crippen LogP contribution in [0.1, 0.15) is 18.4 Å². The highest BCUT2D eigenvalue weighted by Gasteiger charge is 2.22. The molecule has 3 heteroatoms. The molecule has 0 saturated heterocycles. The molecule has 15 heavy (non-hydrogen) atoms. The van der Waals surface area contributed by atoms with E-state index in [0.29, 0.717) is 5.88 Å². The molecular weight excluding hydrogens is 212 g/mol. The van der Waals surface area contributed by atoms with Gasteiger partial charge in [-0.2, -0.15) is 0 Å². The summed E-state index contributed by atoms with van der Waals surface area (Å²) in [6, 6.07) is 5.76. The molecule has 82 valence electrons. The van der Waals surface area contributed by atoms with E-state index in [9.17, 15) is 0 Å². The van der Waals surface area contributed by atoms with Crippen molar-refractivity contribution < 1.29 is 9.47 Å². The molecule has 0 aliphatic heterocycles. The van der Waals surface area contributed by atoms with Crippen LogP contribution in [-0.2, 0) is 5.88 Å². The van der Waals surface area contributed by atoms with Crippen LogP contribution in [-0.4, -0.2) is 13.7 Å². The van der Waals surface area contributed by atoms with Crippen LogP contribution in [0, 0.1) is 5.92 Å². The monoisotopic (exact) mass is 226 g/mol. The second-order valence-electron chi connectivity index (χ2n) is 3.86. The van der Waals surface area contributed by atoms with Crippen LogP contribution in [0.15, 0.2) is 18.2 Å². The van der Waals surface area contributed by atoms with Gasteiger partial charge < -0.3 is 9.47 Å². The van der Waals surface area contributed by atoms with E-state index in [1.54, 1.807) is 7.11 Å².